The van der Waals surface area contributed by atoms with Crippen molar-refractivity contribution in [2.75, 3.05) is 19.0 Å². The van der Waals surface area contributed by atoms with Crippen LogP contribution in [0, 0.1) is 17.1 Å². The summed E-state index contributed by atoms with van der Waals surface area (Å²) in [7, 11) is 1.55. The molecule has 1 atom stereocenters. The van der Waals surface area contributed by atoms with Crippen LogP contribution in [0.4, 0.5) is 14.9 Å². The molecule has 37 heavy (non-hydrogen) atoms. The van der Waals surface area contributed by atoms with E-state index in [1.54, 1.807) is 67.8 Å². The Morgan fingerprint density at radius 2 is 1.81 bits per heavy atom. The molecule has 3 aromatic rings. The van der Waals surface area contributed by atoms with Crippen LogP contribution in [0.3, 0.4) is 0 Å². The van der Waals surface area contributed by atoms with Crippen LogP contribution in [0.15, 0.2) is 66.7 Å². The van der Waals surface area contributed by atoms with Crippen molar-refractivity contribution in [3.63, 3.8) is 0 Å². The lowest BCUT2D eigenvalue weighted by molar-refractivity contribution is -0.123. The molecule has 7 nitrogen and oxygen atoms in total. The first-order chi connectivity index (χ1) is 17.8. The number of rotatable bonds is 9. The maximum absolute atomic E-state index is 13.6. The summed E-state index contributed by atoms with van der Waals surface area (Å²) in [6.07, 6.45) is 1.89. The zero-order valence-corrected chi connectivity index (χ0v) is 20.9. The van der Waals surface area contributed by atoms with E-state index in [0.717, 1.165) is 24.0 Å². The average molecular weight is 521 g/mol. The van der Waals surface area contributed by atoms with Gasteiger partial charge in [-0.2, -0.15) is 5.26 Å². The third kappa shape index (κ3) is 6.57. The number of benzene rings is 3. The summed E-state index contributed by atoms with van der Waals surface area (Å²) in [5, 5.41) is 17.5. The molecule has 0 aliphatic heterocycles. The zero-order valence-electron chi connectivity index (χ0n) is 20.2. The number of amides is 3. The summed E-state index contributed by atoms with van der Waals surface area (Å²) >= 11 is 5.97. The van der Waals surface area contributed by atoms with Crippen LogP contribution in [0.5, 0.6) is 5.75 Å². The molecule has 3 N–H and O–H groups in total. The maximum Gasteiger partial charge on any atom is 0.319 e. The first kappa shape index (κ1) is 26.0. The van der Waals surface area contributed by atoms with Gasteiger partial charge >= 0.3 is 6.03 Å². The van der Waals surface area contributed by atoms with E-state index in [1.807, 2.05) is 0 Å². The molecule has 1 aliphatic rings. The van der Waals surface area contributed by atoms with E-state index in [-0.39, 0.29) is 22.8 Å². The Hall–Kier alpha value is -4.09. The van der Waals surface area contributed by atoms with E-state index in [0.29, 0.717) is 23.5 Å². The maximum atomic E-state index is 13.6. The Morgan fingerprint density at radius 3 is 2.41 bits per heavy atom. The summed E-state index contributed by atoms with van der Waals surface area (Å²) < 4.78 is 18.8. The standard InChI is InChI=1S/C28H26ClFN4O3/c1-37-22-9-7-21(8-10-22)33-27(36)34-25(14-18-2-4-19(16-31)5-3-18)26(35)32-17-28(12-13-28)20-6-11-24(30)23(29)15-20/h2-11,15,25H,12-14,17H2,1H3,(H,32,35)(H2,33,34,36)/t25-/m0/s1. The van der Waals surface area contributed by atoms with E-state index in [4.69, 9.17) is 21.6 Å². The molecule has 0 saturated heterocycles. The van der Waals surface area contributed by atoms with Gasteiger partial charge in [0.25, 0.3) is 0 Å². The molecule has 3 aromatic carbocycles. The highest BCUT2D eigenvalue weighted by molar-refractivity contribution is 6.30. The number of halogens is 2. The number of anilines is 1. The Kier molecular flexibility index (Phi) is 7.95. The van der Waals surface area contributed by atoms with E-state index in [9.17, 15) is 14.0 Å². The minimum absolute atomic E-state index is 0.0469. The molecule has 190 valence electrons. The first-order valence-corrected chi connectivity index (χ1v) is 12.1. The number of methoxy groups -OCH3 is 1. The smallest absolute Gasteiger partial charge is 0.319 e. The predicted octanol–water partition coefficient (Wildman–Crippen LogP) is 4.94. The van der Waals surface area contributed by atoms with Crippen molar-refractivity contribution in [3.05, 3.63) is 94.3 Å². The van der Waals surface area contributed by atoms with E-state index in [2.05, 4.69) is 22.0 Å². The van der Waals surface area contributed by atoms with Gasteiger partial charge in [0.1, 0.15) is 17.6 Å². The van der Waals surface area contributed by atoms with Crippen molar-refractivity contribution in [2.45, 2.75) is 30.7 Å². The highest BCUT2D eigenvalue weighted by Crippen LogP contribution is 2.48. The minimum atomic E-state index is -0.876. The molecule has 9 heteroatoms. The van der Waals surface area contributed by atoms with Crippen LogP contribution in [0.25, 0.3) is 0 Å². The molecular formula is C28H26ClFN4O3. The fourth-order valence-corrected chi connectivity index (χ4v) is 4.26. The molecule has 3 amide bonds. The number of hydrogen-bond acceptors (Lipinski definition) is 4. The third-order valence-electron chi connectivity index (χ3n) is 6.48. The summed E-state index contributed by atoms with van der Waals surface area (Å²) in [6.45, 7) is 0.333. The molecule has 0 radical (unpaired) electrons. The summed E-state index contributed by atoms with van der Waals surface area (Å²) in [4.78, 5) is 26.0. The van der Waals surface area contributed by atoms with Crippen LogP contribution in [0.1, 0.15) is 29.5 Å². The van der Waals surface area contributed by atoms with Gasteiger partial charge in [-0.1, -0.05) is 29.8 Å². The molecule has 1 fully saturated rings. The average Bonchev–Trinajstić information content (AvgIpc) is 3.70. The van der Waals surface area contributed by atoms with Gasteiger partial charge in [-0.15, -0.1) is 0 Å². The number of nitriles is 1. The van der Waals surface area contributed by atoms with Gasteiger partial charge in [0.2, 0.25) is 5.91 Å². The van der Waals surface area contributed by atoms with Crippen LogP contribution >= 0.6 is 11.6 Å². The van der Waals surface area contributed by atoms with Crippen molar-refractivity contribution in [3.8, 4) is 11.8 Å². The Bertz CT molecular complexity index is 1320. The Balaban J connectivity index is 1.45. The van der Waals surface area contributed by atoms with E-state index >= 15 is 0 Å². The van der Waals surface area contributed by atoms with Gasteiger partial charge < -0.3 is 20.7 Å². The number of hydrogen-bond donors (Lipinski definition) is 3. The lowest BCUT2D eigenvalue weighted by atomic mass is 9.95. The second kappa shape index (κ2) is 11.3. The quantitative estimate of drug-likeness (QED) is 0.372. The van der Waals surface area contributed by atoms with Gasteiger partial charge in [0.15, 0.2) is 0 Å². The molecule has 0 heterocycles. The molecule has 1 aliphatic carbocycles. The highest BCUT2D eigenvalue weighted by atomic mass is 35.5. The second-order valence-corrected chi connectivity index (χ2v) is 9.43. The van der Waals surface area contributed by atoms with Crippen LogP contribution in [-0.4, -0.2) is 31.6 Å². The molecule has 4 rings (SSSR count). The van der Waals surface area contributed by atoms with Crippen LogP contribution < -0.4 is 20.7 Å². The van der Waals surface area contributed by atoms with E-state index in [1.165, 1.54) is 6.07 Å². The summed E-state index contributed by atoms with van der Waals surface area (Å²) in [5.41, 5.74) is 2.39. The van der Waals surface area contributed by atoms with Gasteiger partial charge in [-0.3, -0.25) is 4.79 Å². The number of ether oxygens (including phenoxy) is 1. The van der Waals surface area contributed by atoms with Gasteiger partial charge in [0, 0.05) is 24.1 Å². The second-order valence-electron chi connectivity index (χ2n) is 9.02. The van der Waals surface area contributed by atoms with Crippen LogP contribution in [-0.2, 0) is 16.6 Å². The van der Waals surface area contributed by atoms with Crippen molar-refractivity contribution < 1.29 is 18.7 Å². The molecule has 0 unspecified atom stereocenters. The monoisotopic (exact) mass is 520 g/mol. The van der Waals surface area contributed by atoms with Gasteiger partial charge in [-0.25, -0.2) is 9.18 Å². The number of carbonyl (C=O) groups is 2. The first-order valence-electron chi connectivity index (χ1n) is 11.8. The number of urea groups is 1. The lowest BCUT2D eigenvalue weighted by Crippen LogP contribution is -2.50. The number of nitrogens with one attached hydrogen (secondary N) is 3. The predicted molar refractivity (Wildman–Crippen MR) is 139 cm³/mol. The Labute approximate surface area is 219 Å². The summed E-state index contributed by atoms with van der Waals surface area (Å²) in [6, 6.07) is 18.9. The number of carbonyl (C=O) groups excluding carboxylic acids is 2. The molecular weight excluding hydrogens is 495 g/mol. The van der Waals surface area contributed by atoms with E-state index < -0.39 is 17.9 Å². The number of nitrogens with zero attached hydrogens (tertiary/aromatic N) is 1. The van der Waals surface area contributed by atoms with Crippen molar-refractivity contribution >= 4 is 29.2 Å². The Morgan fingerprint density at radius 1 is 1.11 bits per heavy atom. The van der Waals surface area contributed by atoms with Crippen molar-refractivity contribution in [2.24, 2.45) is 0 Å². The van der Waals surface area contributed by atoms with Crippen LogP contribution in [0.2, 0.25) is 5.02 Å². The zero-order chi connectivity index (χ0) is 26.4. The molecule has 0 bridgehead atoms. The van der Waals surface area contributed by atoms with Crippen molar-refractivity contribution in [1.29, 1.82) is 5.26 Å². The molecule has 0 aromatic heterocycles. The fourth-order valence-electron chi connectivity index (χ4n) is 4.08. The lowest BCUT2D eigenvalue weighted by Gasteiger charge is -2.22. The largest absolute Gasteiger partial charge is 0.497 e. The topological polar surface area (TPSA) is 103 Å². The van der Waals surface area contributed by atoms with Gasteiger partial charge in [0.05, 0.1) is 23.8 Å². The highest BCUT2D eigenvalue weighted by Gasteiger charge is 2.45. The minimum Gasteiger partial charge on any atom is -0.497 e. The SMILES string of the molecule is COc1ccc(NC(=O)N[C@@H](Cc2ccc(C#N)cc2)C(=O)NCC2(c3ccc(F)c(Cl)c3)CC2)cc1. The molecule has 1 saturated carbocycles. The molecule has 0 spiro atoms. The third-order valence-corrected chi connectivity index (χ3v) is 6.77. The normalized spacial score (nSPS) is 14.1. The fraction of sp³-hybridized carbons (Fsp3) is 0.250. The van der Waals surface area contributed by atoms with Crippen molar-refractivity contribution in [1.82, 2.24) is 10.6 Å². The van der Waals surface area contributed by atoms with Gasteiger partial charge in [-0.05, 0) is 72.5 Å². The summed E-state index contributed by atoms with van der Waals surface area (Å²) in [5.74, 6) is -0.186.